The van der Waals surface area contributed by atoms with Crippen molar-refractivity contribution in [3.8, 4) is 5.75 Å². The van der Waals surface area contributed by atoms with Gasteiger partial charge >= 0.3 is 0 Å². The third kappa shape index (κ3) is 6.25. The summed E-state index contributed by atoms with van der Waals surface area (Å²) in [5.41, 5.74) is 3.31. The molecule has 3 heteroatoms. The predicted octanol–water partition coefficient (Wildman–Crippen LogP) is 4.71. The topological polar surface area (TPSA) is 38.3 Å². The van der Waals surface area contributed by atoms with Crippen molar-refractivity contribution < 1.29 is 9.53 Å². The van der Waals surface area contributed by atoms with Gasteiger partial charge in [0.25, 0.3) is 5.91 Å². The number of ether oxygens (including phenoxy) is 1. The standard InChI is InChI=1S/C20H33NO2/c1-13-10-14(2)15(3)17(11-13)23-16(4)18(22)21-20(8,9)12-19(5,6)7/h10-11,16H,12H2,1-9H3,(H,21,22)/t16-/m1/s1. The number of hydrogen-bond donors (Lipinski definition) is 1. The quantitative estimate of drug-likeness (QED) is 0.853. The maximum absolute atomic E-state index is 12.5. The molecule has 23 heavy (non-hydrogen) atoms. The maximum Gasteiger partial charge on any atom is 0.261 e. The molecule has 1 aromatic rings. The van der Waals surface area contributed by atoms with E-state index in [2.05, 4.69) is 52.9 Å². The van der Waals surface area contributed by atoms with Crippen LogP contribution in [0.25, 0.3) is 0 Å². The molecule has 1 rings (SSSR count). The molecular weight excluding hydrogens is 286 g/mol. The summed E-state index contributed by atoms with van der Waals surface area (Å²) >= 11 is 0. The van der Waals surface area contributed by atoms with Crippen LogP contribution in [0.3, 0.4) is 0 Å². The number of carbonyl (C=O) groups is 1. The molecule has 0 unspecified atom stereocenters. The lowest BCUT2D eigenvalue weighted by Crippen LogP contribution is -2.50. The Morgan fingerprint density at radius 3 is 2.22 bits per heavy atom. The Morgan fingerprint density at radius 1 is 1.13 bits per heavy atom. The van der Waals surface area contributed by atoms with Crippen LogP contribution in [0, 0.1) is 26.2 Å². The summed E-state index contributed by atoms with van der Waals surface area (Å²) in [6.45, 7) is 18.6. The van der Waals surface area contributed by atoms with Gasteiger partial charge in [-0.25, -0.2) is 0 Å². The number of aryl methyl sites for hydroxylation is 2. The minimum absolute atomic E-state index is 0.0715. The molecule has 0 fully saturated rings. The van der Waals surface area contributed by atoms with Crippen molar-refractivity contribution in [1.82, 2.24) is 5.32 Å². The molecule has 0 aliphatic rings. The van der Waals surface area contributed by atoms with Crippen LogP contribution in [0.1, 0.15) is 64.7 Å². The largest absolute Gasteiger partial charge is 0.481 e. The highest BCUT2D eigenvalue weighted by molar-refractivity contribution is 5.81. The van der Waals surface area contributed by atoms with Crippen molar-refractivity contribution >= 4 is 5.91 Å². The molecule has 0 bridgehead atoms. The summed E-state index contributed by atoms with van der Waals surface area (Å²) in [5.74, 6) is 0.719. The summed E-state index contributed by atoms with van der Waals surface area (Å²) < 4.78 is 5.93. The molecule has 0 radical (unpaired) electrons. The van der Waals surface area contributed by atoms with E-state index < -0.39 is 6.10 Å². The Kier molecular flexibility index (Phi) is 5.89. The first-order valence-corrected chi connectivity index (χ1v) is 8.37. The van der Waals surface area contributed by atoms with Crippen molar-refractivity contribution in [2.75, 3.05) is 0 Å². The fourth-order valence-corrected chi connectivity index (χ4v) is 3.17. The van der Waals surface area contributed by atoms with Crippen molar-refractivity contribution in [1.29, 1.82) is 0 Å². The smallest absolute Gasteiger partial charge is 0.261 e. The lowest BCUT2D eigenvalue weighted by Gasteiger charge is -2.34. The Hall–Kier alpha value is -1.51. The van der Waals surface area contributed by atoms with Crippen LogP contribution >= 0.6 is 0 Å². The van der Waals surface area contributed by atoms with E-state index >= 15 is 0 Å². The fraction of sp³-hybridized carbons (Fsp3) is 0.650. The lowest BCUT2D eigenvalue weighted by molar-refractivity contribution is -0.129. The van der Waals surface area contributed by atoms with E-state index in [0.717, 1.165) is 23.3 Å². The van der Waals surface area contributed by atoms with Crippen LogP contribution in [0.2, 0.25) is 0 Å². The first kappa shape index (κ1) is 19.5. The van der Waals surface area contributed by atoms with Gasteiger partial charge < -0.3 is 10.1 Å². The van der Waals surface area contributed by atoms with Gasteiger partial charge in [-0.1, -0.05) is 26.8 Å². The van der Waals surface area contributed by atoms with Gasteiger partial charge in [0, 0.05) is 5.54 Å². The second-order valence-electron chi connectivity index (χ2n) is 8.58. The van der Waals surface area contributed by atoms with Gasteiger partial charge in [-0.05, 0) is 76.1 Å². The molecule has 3 nitrogen and oxygen atoms in total. The minimum Gasteiger partial charge on any atom is -0.481 e. The molecule has 0 saturated heterocycles. The van der Waals surface area contributed by atoms with Crippen LogP contribution in [-0.2, 0) is 4.79 Å². The zero-order valence-electron chi connectivity index (χ0n) is 16.3. The van der Waals surface area contributed by atoms with Gasteiger partial charge in [0.2, 0.25) is 0 Å². The molecule has 1 amide bonds. The average Bonchev–Trinajstić information content (AvgIpc) is 2.31. The molecule has 0 aromatic heterocycles. The minimum atomic E-state index is -0.519. The molecule has 1 aromatic carbocycles. The molecule has 0 spiro atoms. The Balaban J connectivity index is 2.79. The Morgan fingerprint density at radius 2 is 1.70 bits per heavy atom. The molecule has 130 valence electrons. The summed E-state index contributed by atoms with van der Waals surface area (Å²) in [6, 6.07) is 4.12. The Labute approximate surface area is 141 Å². The zero-order chi connectivity index (χ0) is 18.0. The molecule has 0 heterocycles. The highest BCUT2D eigenvalue weighted by Crippen LogP contribution is 2.27. The first-order chi connectivity index (χ1) is 10.3. The van der Waals surface area contributed by atoms with Crippen molar-refractivity contribution in [3.63, 3.8) is 0 Å². The molecule has 1 N–H and O–H groups in total. The second kappa shape index (κ2) is 6.94. The van der Waals surface area contributed by atoms with Crippen LogP contribution in [0.4, 0.5) is 0 Å². The van der Waals surface area contributed by atoms with Crippen molar-refractivity contribution in [2.24, 2.45) is 5.41 Å². The third-order valence-electron chi connectivity index (χ3n) is 3.87. The average molecular weight is 319 g/mol. The number of rotatable bonds is 5. The van der Waals surface area contributed by atoms with Crippen molar-refractivity contribution in [3.05, 3.63) is 28.8 Å². The zero-order valence-corrected chi connectivity index (χ0v) is 16.3. The van der Waals surface area contributed by atoms with Crippen molar-refractivity contribution in [2.45, 2.75) is 80.4 Å². The number of carbonyl (C=O) groups excluding carboxylic acids is 1. The van der Waals surface area contributed by atoms with E-state index in [1.54, 1.807) is 6.92 Å². The molecular formula is C20H33NO2. The highest BCUT2D eigenvalue weighted by Gasteiger charge is 2.29. The SMILES string of the molecule is Cc1cc(C)c(C)c(O[C@H](C)C(=O)NC(C)(C)CC(C)(C)C)c1. The normalized spacial score (nSPS) is 13.6. The van der Waals surface area contributed by atoms with Gasteiger partial charge in [-0.15, -0.1) is 0 Å². The maximum atomic E-state index is 12.5. The summed E-state index contributed by atoms with van der Waals surface area (Å²) in [6.07, 6.45) is 0.384. The van der Waals surface area contributed by atoms with Crippen LogP contribution in [0.5, 0.6) is 5.75 Å². The van der Waals surface area contributed by atoms with Crippen LogP contribution in [0.15, 0.2) is 12.1 Å². The van der Waals surface area contributed by atoms with Crippen LogP contribution < -0.4 is 10.1 Å². The second-order valence-corrected chi connectivity index (χ2v) is 8.58. The first-order valence-electron chi connectivity index (χ1n) is 8.37. The Bertz CT molecular complexity index is 568. The third-order valence-corrected chi connectivity index (χ3v) is 3.87. The fourth-order valence-electron chi connectivity index (χ4n) is 3.17. The van der Waals surface area contributed by atoms with E-state index in [1.165, 1.54) is 5.56 Å². The summed E-state index contributed by atoms with van der Waals surface area (Å²) in [4.78, 5) is 12.5. The van der Waals surface area contributed by atoms with Gasteiger partial charge in [0.15, 0.2) is 6.10 Å². The molecule has 0 saturated carbocycles. The lowest BCUT2D eigenvalue weighted by atomic mass is 9.81. The van der Waals surface area contributed by atoms with E-state index in [9.17, 15) is 4.79 Å². The van der Waals surface area contributed by atoms with E-state index in [-0.39, 0.29) is 16.9 Å². The van der Waals surface area contributed by atoms with E-state index in [0.29, 0.717) is 0 Å². The van der Waals surface area contributed by atoms with Gasteiger partial charge in [0.05, 0.1) is 0 Å². The molecule has 0 aliphatic heterocycles. The van der Waals surface area contributed by atoms with Gasteiger partial charge in [0.1, 0.15) is 5.75 Å². The number of benzene rings is 1. The monoisotopic (exact) mass is 319 g/mol. The number of nitrogens with one attached hydrogen (secondary N) is 1. The molecule has 0 aliphatic carbocycles. The predicted molar refractivity (Wildman–Crippen MR) is 97.0 cm³/mol. The summed E-state index contributed by atoms with van der Waals surface area (Å²) in [5, 5.41) is 3.12. The number of amides is 1. The summed E-state index contributed by atoms with van der Waals surface area (Å²) in [7, 11) is 0. The number of hydrogen-bond acceptors (Lipinski definition) is 2. The van der Waals surface area contributed by atoms with Crippen LogP contribution in [-0.4, -0.2) is 17.6 Å². The van der Waals surface area contributed by atoms with Gasteiger partial charge in [-0.3, -0.25) is 4.79 Å². The highest BCUT2D eigenvalue weighted by atomic mass is 16.5. The molecule has 1 atom stereocenters. The van der Waals surface area contributed by atoms with E-state index in [4.69, 9.17) is 4.74 Å². The van der Waals surface area contributed by atoms with E-state index in [1.807, 2.05) is 19.9 Å². The van der Waals surface area contributed by atoms with Gasteiger partial charge in [-0.2, -0.15) is 0 Å².